The van der Waals surface area contributed by atoms with Gasteiger partial charge in [-0.2, -0.15) is 5.21 Å². The van der Waals surface area contributed by atoms with Gasteiger partial charge < -0.3 is 10.4 Å². The topological polar surface area (TPSA) is 104 Å². The monoisotopic (exact) mass is 233 g/mol. The van der Waals surface area contributed by atoms with E-state index in [2.05, 4.69) is 25.9 Å². The van der Waals surface area contributed by atoms with Crippen molar-refractivity contribution in [2.75, 3.05) is 6.61 Å². The average molecular weight is 233 g/mol. The second-order valence-electron chi connectivity index (χ2n) is 3.35. The van der Waals surface area contributed by atoms with Gasteiger partial charge in [0.15, 0.2) is 0 Å². The van der Waals surface area contributed by atoms with Crippen LogP contribution >= 0.6 is 0 Å². The second kappa shape index (κ2) is 5.17. The Bertz CT molecular complexity index is 471. The molecule has 0 aliphatic heterocycles. The first kappa shape index (κ1) is 11.2. The first-order chi connectivity index (χ1) is 8.31. The molecule has 17 heavy (non-hydrogen) atoms. The van der Waals surface area contributed by atoms with Gasteiger partial charge in [0.25, 0.3) is 11.7 Å². The summed E-state index contributed by atoms with van der Waals surface area (Å²) < 4.78 is 0. The van der Waals surface area contributed by atoms with Gasteiger partial charge in [-0.05, 0) is 10.8 Å². The van der Waals surface area contributed by atoms with Crippen molar-refractivity contribution in [1.82, 2.24) is 25.9 Å². The Balaban J connectivity index is 2.09. The molecule has 88 valence electrons. The first-order valence-corrected chi connectivity index (χ1v) is 5.01. The standard InChI is InChI=1S/C10H11N5O2/c16-6-8(7-4-2-1-3-5-7)11-10(17)9-12-14-15-13-9/h1-5,8,16H,6H2,(H,11,17)(H,12,13,14,15)/t8-/m0/s1. The Kier molecular flexibility index (Phi) is 3.41. The fraction of sp³-hybridized carbons (Fsp3) is 0.200. The van der Waals surface area contributed by atoms with Crippen LogP contribution in [0.15, 0.2) is 30.3 Å². The predicted octanol–water partition coefficient (Wildman–Crippen LogP) is -0.337. The van der Waals surface area contributed by atoms with Gasteiger partial charge in [-0.25, -0.2) is 0 Å². The molecular weight excluding hydrogens is 222 g/mol. The van der Waals surface area contributed by atoms with Crippen molar-refractivity contribution in [3.05, 3.63) is 41.7 Å². The lowest BCUT2D eigenvalue weighted by molar-refractivity contribution is 0.0905. The van der Waals surface area contributed by atoms with Crippen molar-refractivity contribution in [2.24, 2.45) is 0 Å². The molecule has 0 saturated carbocycles. The van der Waals surface area contributed by atoms with Crippen molar-refractivity contribution in [1.29, 1.82) is 0 Å². The molecule has 2 rings (SSSR count). The van der Waals surface area contributed by atoms with E-state index in [9.17, 15) is 9.90 Å². The lowest BCUT2D eigenvalue weighted by Gasteiger charge is -2.15. The molecule has 0 radical (unpaired) electrons. The third kappa shape index (κ3) is 2.64. The van der Waals surface area contributed by atoms with Crippen LogP contribution in [-0.2, 0) is 0 Å². The number of nitrogens with zero attached hydrogens (tertiary/aromatic N) is 3. The van der Waals surface area contributed by atoms with Crippen LogP contribution in [0.5, 0.6) is 0 Å². The van der Waals surface area contributed by atoms with Crippen LogP contribution in [0.2, 0.25) is 0 Å². The Morgan fingerprint density at radius 3 is 2.76 bits per heavy atom. The first-order valence-electron chi connectivity index (χ1n) is 5.01. The van der Waals surface area contributed by atoms with Crippen LogP contribution in [0.3, 0.4) is 0 Å². The van der Waals surface area contributed by atoms with Gasteiger partial charge in [0.1, 0.15) is 0 Å². The SMILES string of the molecule is O=C(N[C@@H](CO)c1ccccc1)c1nn[nH]n1. The van der Waals surface area contributed by atoms with Gasteiger partial charge in [0.2, 0.25) is 0 Å². The molecule has 2 aromatic rings. The summed E-state index contributed by atoms with van der Waals surface area (Å²) in [5.41, 5.74) is 0.812. The number of nitrogens with one attached hydrogen (secondary N) is 2. The van der Waals surface area contributed by atoms with Gasteiger partial charge in [0, 0.05) is 0 Å². The van der Waals surface area contributed by atoms with Gasteiger partial charge in [-0.3, -0.25) is 4.79 Å². The molecule has 0 aliphatic rings. The molecule has 1 aromatic heterocycles. The van der Waals surface area contributed by atoms with Crippen LogP contribution in [0.25, 0.3) is 0 Å². The van der Waals surface area contributed by atoms with Gasteiger partial charge >= 0.3 is 0 Å². The maximum Gasteiger partial charge on any atom is 0.293 e. The number of aromatic nitrogens is 4. The summed E-state index contributed by atoms with van der Waals surface area (Å²) >= 11 is 0. The molecule has 1 atom stereocenters. The van der Waals surface area contributed by atoms with E-state index in [0.717, 1.165) is 5.56 Å². The van der Waals surface area contributed by atoms with E-state index in [1.54, 1.807) is 0 Å². The molecule has 3 N–H and O–H groups in total. The van der Waals surface area contributed by atoms with Gasteiger partial charge in [-0.15, -0.1) is 10.2 Å². The van der Waals surface area contributed by atoms with E-state index in [-0.39, 0.29) is 12.4 Å². The van der Waals surface area contributed by atoms with E-state index in [1.807, 2.05) is 30.3 Å². The number of rotatable bonds is 4. The van der Waals surface area contributed by atoms with Crippen molar-refractivity contribution < 1.29 is 9.90 Å². The average Bonchev–Trinajstić information content (AvgIpc) is 2.90. The number of hydrogen-bond acceptors (Lipinski definition) is 5. The Hall–Kier alpha value is -2.28. The molecule has 0 aliphatic carbocycles. The highest BCUT2D eigenvalue weighted by atomic mass is 16.3. The summed E-state index contributed by atoms with van der Waals surface area (Å²) in [5.74, 6) is -0.541. The number of tetrazole rings is 1. The second-order valence-corrected chi connectivity index (χ2v) is 3.35. The molecule has 0 saturated heterocycles. The van der Waals surface area contributed by atoms with Crippen molar-refractivity contribution in [3.63, 3.8) is 0 Å². The maximum absolute atomic E-state index is 11.6. The van der Waals surface area contributed by atoms with Crippen LogP contribution in [-0.4, -0.2) is 38.2 Å². The zero-order valence-electron chi connectivity index (χ0n) is 8.87. The van der Waals surface area contributed by atoms with E-state index >= 15 is 0 Å². The molecule has 7 nitrogen and oxygen atoms in total. The highest BCUT2D eigenvalue weighted by Gasteiger charge is 2.17. The van der Waals surface area contributed by atoms with Crippen molar-refractivity contribution >= 4 is 5.91 Å². The number of carbonyl (C=O) groups is 1. The van der Waals surface area contributed by atoms with E-state index in [1.165, 1.54) is 0 Å². The number of H-pyrrole nitrogens is 1. The number of aromatic amines is 1. The van der Waals surface area contributed by atoms with E-state index < -0.39 is 11.9 Å². The zero-order chi connectivity index (χ0) is 12.1. The van der Waals surface area contributed by atoms with E-state index in [0.29, 0.717) is 0 Å². The van der Waals surface area contributed by atoms with Crippen LogP contribution < -0.4 is 5.32 Å². The molecule has 0 bridgehead atoms. The number of aliphatic hydroxyl groups excluding tert-OH is 1. The summed E-state index contributed by atoms with van der Waals surface area (Å²) in [5, 5.41) is 24.4. The lowest BCUT2D eigenvalue weighted by Crippen LogP contribution is -2.31. The van der Waals surface area contributed by atoms with Crippen LogP contribution in [0.4, 0.5) is 0 Å². The maximum atomic E-state index is 11.6. The number of hydrogen-bond donors (Lipinski definition) is 3. The molecule has 1 heterocycles. The van der Waals surface area contributed by atoms with Gasteiger partial charge in [-0.1, -0.05) is 30.3 Å². The molecule has 0 fully saturated rings. The molecule has 1 aromatic carbocycles. The molecule has 1 amide bonds. The summed E-state index contributed by atoms with van der Waals surface area (Å²) in [6, 6.07) is 8.67. The number of benzene rings is 1. The minimum Gasteiger partial charge on any atom is -0.394 e. The van der Waals surface area contributed by atoms with Crippen LogP contribution in [0.1, 0.15) is 22.2 Å². The smallest absolute Gasteiger partial charge is 0.293 e. The summed E-state index contributed by atoms with van der Waals surface area (Å²) in [7, 11) is 0. The summed E-state index contributed by atoms with van der Waals surface area (Å²) in [6.45, 7) is -0.201. The highest BCUT2D eigenvalue weighted by Crippen LogP contribution is 2.11. The van der Waals surface area contributed by atoms with E-state index in [4.69, 9.17) is 0 Å². The quantitative estimate of drug-likeness (QED) is 0.670. The molecule has 0 spiro atoms. The number of amides is 1. The third-order valence-electron chi connectivity index (χ3n) is 2.24. The Morgan fingerprint density at radius 1 is 1.41 bits per heavy atom. The normalized spacial score (nSPS) is 12.1. The highest BCUT2D eigenvalue weighted by molar-refractivity contribution is 5.90. The largest absolute Gasteiger partial charge is 0.394 e. The molecule has 7 heteroatoms. The Labute approximate surface area is 96.9 Å². The molecule has 0 unspecified atom stereocenters. The summed E-state index contributed by atoms with van der Waals surface area (Å²) in [6.07, 6.45) is 0. The van der Waals surface area contributed by atoms with Crippen molar-refractivity contribution in [3.8, 4) is 0 Å². The van der Waals surface area contributed by atoms with Crippen molar-refractivity contribution in [2.45, 2.75) is 6.04 Å². The van der Waals surface area contributed by atoms with Crippen LogP contribution in [0, 0.1) is 0 Å². The third-order valence-corrected chi connectivity index (χ3v) is 2.24. The minimum atomic E-state index is -0.485. The zero-order valence-corrected chi connectivity index (χ0v) is 8.87. The molecular formula is C10H11N5O2. The fourth-order valence-corrected chi connectivity index (χ4v) is 1.40. The number of aliphatic hydroxyl groups is 1. The summed E-state index contributed by atoms with van der Waals surface area (Å²) in [4.78, 5) is 11.6. The Morgan fingerprint density at radius 2 is 2.18 bits per heavy atom. The fourth-order valence-electron chi connectivity index (χ4n) is 1.40. The lowest BCUT2D eigenvalue weighted by atomic mass is 10.1. The predicted molar refractivity (Wildman–Crippen MR) is 57.9 cm³/mol. The van der Waals surface area contributed by atoms with Gasteiger partial charge in [0.05, 0.1) is 12.6 Å². The minimum absolute atomic E-state index is 0.0561. The number of carbonyl (C=O) groups excluding carboxylic acids is 1.